The average Bonchev–Trinajstić information content (AvgIpc) is 3.49. The van der Waals surface area contributed by atoms with Crippen molar-refractivity contribution in [2.45, 2.75) is 89.5 Å². The number of aliphatic carboxylic acids is 1. The van der Waals surface area contributed by atoms with Gasteiger partial charge < -0.3 is 34.6 Å². The van der Waals surface area contributed by atoms with Crippen LogP contribution < -0.4 is 0 Å². The molecule has 0 spiro atoms. The molecule has 0 aromatic rings. The van der Waals surface area contributed by atoms with E-state index in [0.717, 1.165) is 6.08 Å². The number of rotatable bonds is 12. The van der Waals surface area contributed by atoms with Crippen molar-refractivity contribution in [2.24, 2.45) is 17.8 Å². The van der Waals surface area contributed by atoms with Crippen molar-refractivity contribution in [3.05, 3.63) is 11.6 Å². The van der Waals surface area contributed by atoms with Crippen LogP contribution >= 0.6 is 0 Å². The van der Waals surface area contributed by atoms with Crippen molar-refractivity contribution < 1.29 is 44.2 Å². The lowest BCUT2D eigenvalue weighted by Gasteiger charge is -2.41. The maximum atomic E-state index is 11.3. The lowest BCUT2D eigenvalue weighted by atomic mass is 9.79. The molecule has 9 nitrogen and oxygen atoms in total. The zero-order chi connectivity index (χ0) is 24.0. The smallest absolute Gasteiger partial charge is 0.328 e. The molecular weight excluding hydrogens is 420 g/mol. The van der Waals surface area contributed by atoms with Crippen LogP contribution in [0, 0.1) is 17.8 Å². The van der Waals surface area contributed by atoms with Crippen molar-refractivity contribution in [1.82, 2.24) is 0 Å². The van der Waals surface area contributed by atoms with Crippen LogP contribution in [0.1, 0.15) is 52.9 Å². The molecule has 0 saturated carbocycles. The highest BCUT2D eigenvalue weighted by Gasteiger charge is 2.49. The SMILES string of the molecule is COC(=O)CCCCC(C(C)=CC(=O)O)[C@@H]1OC[C@H](C[C@@H]2O[C@H]2[C@@H](C)[C@H](C)O)[C@@H](O)[C@H]1O. The fourth-order valence-electron chi connectivity index (χ4n) is 4.54. The third kappa shape index (κ3) is 7.25. The molecule has 184 valence electrons. The van der Waals surface area contributed by atoms with E-state index in [9.17, 15) is 24.9 Å². The summed E-state index contributed by atoms with van der Waals surface area (Å²) in [5, 5.41) is 40.5. The van der Waals surface area contributed by atoms with Crippen LogP contribution in [0.25, 0.3) is 0 Å². The lowest BCUT2D eigenvalue weighted by Crippen LogP contribution is -2.53. The summed E-state index contributed by atoms with van der Waals surface area (Å²) in [7, 11) is 1.33. The Morgan fingerprint density at radius 1 is 1.16 bits per heavy atom. The molecule has 0 aliphatic carbocycles. The summed E-state index contributed by atoms with van der Waals surface area (Å²) in [6.45, 7) is 5.52. The first-order valence-corrected chi connectivity index (χ1v) is 11.4. The van der Waals surface area contributed by atoms with Gasteiger partial charge in [-0.1, -0.05) is 18.9 Å². The Kier molecular flexibility index (Phi) is 10.1. The van der Waals surface area contributed by atoms with Crippen molar-refractivity contribution in [2.75, 3.05) is 13.7 Å². The highest BCUT2D eigenvalue weighted by atomic mass is 16.6. The van der Waals surface area contributed by atoms with E-state index >= 15 is 0 Å². The van der Waals surface area contributed by atoms with Crippen LogP contribution in [-0.4, -0.2) is 82.7 Å². The average molecular weight is 459 g/mol. The number of hydrogen-bond acceptors (Lipinski definition) is 8. The molecule has 9 atom stereocenters. The van der Waals surface area contributed by atoms with E-state index in [1.54, 1.807) is 13.8 Å². The van der Waals surface area contributed by atoms with Gasteiger partial charge in [0.15, 0.2) is 0 Å². The molecule has 0 bridgehead atoms. The van der Waals surface area contributed by atoms with Crippen molar-refractivity contribution in [3.8, 4) is 0 Å². The largest absolute Gasteiger partial charge is 0.478 e. The maximum Gasteiger partial charge on any atom is 0.328 e. The topological polar surface area (TPSA) is 146 Å². The van der Waals surface area contributed by atoms with Gasteiger partial charge in [-0.3, -0.25) is 4.79 Å². The summed E-state index contributed by atoms with van der Waals surface area (Å²) in [5.41, 5.74) is 0.543. The number of esters is 1. The second-order valence-corrected chi connectivity index (χ2v) is 9.17. The second kappa shape index (κ2) is 12.1. The molecule has 2 fully saturated rings. The third-order valence-electron chi connectivity index (χ3n) is 6.81. The predicted octanol–water partition coefficient (Wildman–Crippen LogP) is 1.28. The Labute approximate surface area is 189 Å². The number of aliphatic hydroxyl groups is 3. The quantitative estimate of drug-likeness (QED) is 0.147. The highest BCUT2D eigenvalue weighted by Crippen LogP contribution is 2.39. The standard InChI is InChI=1S/C23H38O9/c1-12(9-18(25)26)16(7-5-6-8-19(27)30-4)23-21(29)20(28)15(11-31-23)10-17-22(32-17)13(2)14(3)24/h9,13-17,20-24,28-29H,5-8,10-11H2,1-4H3,(H,25,26)/t13-,14-,15-,16?,17-,20+,21+,22-,23-/m0/s1. The van der Waals surface area contributed by atoms with Gasteiger partial charge in [-0.25, -0.2) is 4.79 Å². The fourth-order valence-corrected chi connectivity index (χ4v) is 4.54. The molecule has 0 aromatic heterocycles. The number of aliphatic hydroxyl groups excluding tert-OH is 3. The molecule has 0 aromatic carbocycles. The first-order valence-electron chi connectivity index (χ1n) is 11.4. The number of epoxide rings is 1. The summed E-state index contributed by atoms with van der Waals surface area (Å²) in [6, 6.07) is 0. The summed E-state index contributed by atoms with van der Waals surface area (Å²) in [4.78, 5) is 22.5. The molecule has 4 N–H and O–H groups in total. The van der Waals surface area contributed by atoms with Gasteiger partial charge in [0.05, 0.1) is 44.2 Å². The van der Waals surface area contributed by atoms with Crippen molar-refractivity contribution >= 4 is 11.9 Å². The molecule has 2 heterocycles. The van der Waals surface area contributed by atoms with Gasteiger partial charge in [0.25, 0.3) is 0 Å². The Balaban J connectivity index is 1.98. The Morgan fingerprint density at radius 2 is 1.84 bits per heavy atom. The van der Waals surface area contributed by atoms with Gasteiger partial charge in [0, 0.05) is 30.3 Å². The third-order valence-corrected chi connectivity index (χ3v) is 6.81. The van der Waals surface area contributed by atoms with Crippen molar-refractivity contribution in [3.63, 3.8) is 0 Å². The van der Waals surface area contributed by atoms with Crippen LogP contribution in [-0.2, 0) is 23.8 Å². The van der Waals surface area contributed by atoms with Gasteiger partial charge in [0.2, 0.25) is 0 Å². The molecule has 32 heavy (non-hydrogen) atoms. The van der Waals surface area contributed by atoms with Crippen LogP contribution in [0.2, 0.25) is 0 Å². The van der Waals surface area contributed by atoms with E-state index < -0.39 is 36.3 Å². The lowest BCUT2D eigenvalue weighted by molar-refractivity contribution is -0.179. The maximum absolute atomic E-state index is 11.3. The first-order chi connectivity index (χ1) is 15.1. The van der Waals surface area contributed by atoms with E-state index in [4.69, 9.17) is 14.6 Å². The Hall–Kier alpha value is -1.52. The monoisotopic (exact) mass is 458 g/mol. The fraction of sp³-hybridized carbons (Fsp3) is 0.826. The van der Waals surface area contributed by atoms with E-state index in [0.29, 0.717) is 31.3 Å². The number of hydrogen-bond donors (Lipinski definition) is 4. The number of carbonyl (C=O) groups excluding carboxylic acids is 1. The van der Waals surface area contributed by atoms with Crippen LogP contribution in [0.4, 0.5) is 0 Å². The number of carbonyl (C=O) groups is 2. The highest BCUT2D eigenvalue weighted by molar-refractivity contribution is 5.80. The Bertz CT molecular complexity index is 662. The molecule has 2 rings (SSSR count). The predicted molar refractivity (Wildman–Crippen MR) is 115 cm³/mol. The number of unbranched alkanes of at least 4 members (excludes halogenated alkanes) is 1. The van der Waals surface area contributed by atoms with E-state index in [-0.39, 0.29) is 43.0 Å². The normalized spacial score (nSPS) is 33.3. The molecule has 9 heteroatoms. The van der Waals surface area contributed by atoms with Crippen LogP contribution in [0.15, 0.2) is 11.6 Å². The minimum absolute atomic E-state index is 0.0162. The summed E-state index contributed by atoms with van der Waals surface area (Å²) >= 11 is 0. The van der Waals surface area contributed by atoms with Crippen molar-refractivity contribution in [1.29, 1.82) is 0 Å². The Morgan fingerprint density at radius 3 is 2.44 bits per heavy atom. The molecule has 0 amide bonds. The summed E-state index contributed by atoms with van der Waals surface area (Å²) < 4.78 is 16.3. The first kappa shape index (κ1) is 26.7. The van der Waals surface area contributed by atoms with Gasteiger partial charge in [-0.05, 0) is 33.1 Å². The van der Waals surface area contributed by atoms with Gasteiger partial charge in [0.1, 0.15) is 6.10 Å². The van der Waals surface area contributed by atoms with E-state index in [1.807, 2.05) is 6.92 Å². The zero-order valence-corrected chi connectivity index (χ0v) is 19.3. The van der Waals surface area contributed by atoms with Gasteiger partial charge >= 0.3 is 11.9 Å². The molecule has 2 aliphatic heterocycles. The number of methoxy groups -OCH3 is 1. The zero-order valence-electron chi connectivity index (χ0n) is 19.3. The molecular formula is C23H38O9. The minimum Gasteiger partial charge on any atom is -0.478 e. The summed E-state index contributed by atoms with van der Waals surface area (Å²) in [6.07, 6.45) is -0.0417. The van der Waals surface area contributed by atoms with Gasteiger partial charge in [-0.15, -0.1) is 0 Å². The number of ether oxygens (including phenoxy) is 3. The number of carboxylic acids is 1. The van der Waals surface area contributed by atoms with Crippen LogP contribution in [0.3, 0.4) is 0 Å². The molecule has 2 saturated heterocycles. The van der Waals surface area contributed by atoms with E-state index in [1.165, 1.54) is 7.11 Å². The molecule has 2 aliphatic rings. The molecule has 1 unspecified atom stereocenters. The minimum atomic E-state index is -1.18. The molecule has 0 radical (unpaired) electrons. The number of carboxylic acid groups (broad SMARTS) is 1. The van der Waals surface area contributed by atoms with E-state index in [2.05, 4.69) is 4.74 Å². The van der Waals surface area contributed by atoms with Crippen LogP contribution in [0.5, 0.6) is 0 Å². The summed E-state index contributed by atoms with van der Waals surface area (Å²) in [5.74, 6) is -2.14. The van der Waals surface area contributed by atoms with Gasteiger partial charge in [-0.2, -0.15) is 0 Å². The second-order valence-electron chi connectivity index (χ2n) is 9.17.